The van der Waals surface area contributed by atoms with Gasteiger partial charge in [-0.05, 0) is 54.7 Å². The van der Waals surface area contributed by atoms with E-state index in [9.17, 15) is 9.59 Å². The summed E-state index contributed by atoms with van der Waals surface area (Å²) >= 11 is 3.24. The second-order valence-electron chi connectivity index (χ2n) is 9.36. The number of carbonyl (C=O) groups excluding carboxylic acids is 1. The predicted octanol–water partition coefficient (Wildman–Crippen LogP) is 3.43. The van der Waals surface area contributed by atoms with Crippen LogP contribution in [-0.2, 0) is 16.1 Å². The number of methoxy groups -OCH3 is 1. The summed E-state index contributed by atoms with van der Waals surface area (Å²) in [6.45, 7) is 2.50. The fraction of sp³-hybridized carbons (Fsp3) is 0.583. The van der Waals surface area contributed by atoms with E-state index in [0.717, 1.165) is 27.5 Å². The van der Waals surface area contributed by atoms with Crippen LogP contribution in [0.25, 0.3) is 0 Å². The lowest BCUT2D eigenvalue weighted by atomic mass is 9.75. The molecule has 1 saturated heterocycles. The van der Waals surface area contributed by atoms with E-state index in [1.807, 2.05) is 28.8 Å². The van der Waals surface area contributed by atoms with Gasteiger partial charge in [0, 0.05) is 29.1 Å². The highest BCUT2D eigenvalue weighted by Crippen LogP contribution is 2.64. The van der Waals surface area contributed by atoms with Gasteiger partial charge in [-0.25, -0.2) is 0 Å². The maximum absolute atomic E-state index is 13.2. The lowest BCUT2D eigenvalue weighted by molar-refractivity contribution is -0.136. The number of thiazole rings is 1. The van der Waals surface area contributed by atoms with Gasteiger partial charge in [-0.2, -0.15) is 0 Å². The van der Waals surface area contributed by atoms with Crippen molar-refractivity contribution in [2.45, 2.75) is 42.0 Å². The van der Waals surface area contributed by atoms with Gasteiger partial charge in [-0.1, -0.05) is 23.5 Å². The van der Waals surface area contributed by atoms with E-state index in [0.29, 0.717) is 37.5 Å². The summed E-state index contributed by atoms with van der Waals surface area (Å²) in [5.74, 6) is 3.13. The molecule has 6 rings (SSSR count). The molecule has 6 nitrogen and oxygen atoms in total. The van der Waals surface area contributed by atoms with Crippen LogP contribution in [0.15, 0.2) is 34.1 Å². The van der Waals surface area contributed by atoms with Gasteiger partial charge < -0.3 is 14.4 Å². The van der Waals surface area contributed by atoms with E-state index >= 15 is 0 Å². The van der Waals surface area contributed by atoms with Crippen molar-refractivity contribution in [2.24, 2.45) is 17.8 Å². The Balaban J connectivity index is 1.39. The van der Waals surface area contributed by atoms with Crippen LogP contribution < -0.4 is 9.61 Å². The number of carbonyl (C=O) groups is 1. The van der Waals surface area contributed by atoms with Gasteiger partial charge in [0.25, 0.3) is 0 Å². The Bertz CT molecular complexity index is 1070. The number of benzene rings is 1. The fourth-order valence-electron chi connectivity index (χ4n) is 6.32. The first-order valence-electron chi connectivity index (χ1n) is 11.5. The molecule has 32 heavy (non-hydrogen) atoms. The molecule has 2 aliphatic carbocycles. The molecular formula is C24H28N2O4S2. The van der Waals surface area contributed by atoms with Crippen molar-refractivity contribution in [3.05, 3.63) is 44.4 Å². The van der Waals surface area contributed by atoms with Crippen LogP contribution in [0.1, 0.15) is 35.6 Å². The molecule has 8 heteroatoms. The third-order valence-corrected chi connectivity index (χ3v) is 10.6. The number of hydrogen-bond acceptors (Lipinski definition) is 6. The fourth-order valence-corrected chi connectivity index (χ4v) is 9.47. The molecule has 1 amide bonds. The van der Waals surface area contributed by atoms with E-state index < -0.39 is 0 Å². The van der Waals surface area contributed by atoms with Gasteiger partial charge in [0.1, 0.15) is 12.3 Å². The average molecular weight is 473 g/mol. The zero-order chi connectivity index (χ0) is 21.8. The number of rotatable bonds is 4. The number of nitrogens with zero attached hydrogens (tertiary/aromatic N) is 2. The standard InChI is InChI=1S/C24H28N2O4S2/c1-29-17-6-4-14(5-7-17)19-20-15-2-3-16(12-15)21(20)31-23-22(19)32-24(28)26(23)13-18(27)25-8-10-30-11-9-25/h4-7,15-16,19-21H,2-3,8-13H2,1H3. The summed E-state index contributed by atoms with van der Waals surface area (Å²) in [6, 6.07) is 8.39. The first kappa shape index (κ1) is 20.8. The highest BCUT2D eigenvalue weighted by atomic mass is 32.2. The Morgan fingerprint density at radius 2 is 1.91 bits per heavy atom. The first-order chi connectivity index (χ1) is 15.6. The van der Waals surface area contributed by atoms with Crippen LogP contribution in [0.3, 0.4) is 0 Å². The number of aromatic nitrogens is 1. The molecule has 2 aromatic rings. The van der Waals surface area contributed by atoms with Crippen LogP contribution >= 0.6 is 23.1 Å². The van der Waals surface area contributed by atoms with E-state index in [1.54, 1.807) is 11.7 Å². The third-order valence-electron chi connectivity index (χ3n) is 7.82. The molecule has 5 unspecified atom stereocenters. The van der Waals surface area contributed by atoms with Crippen LogP contribution in [0, 0.1) is 17.8 Å². The highest BCUT2D eigenvalue weighted by molar-refractivity contribution is 8.00. The van der Waals surface area contributed by atoms with Gasteiger partial charge in [-0.15, -0.1) is 11.8 Å². The summed E-state index contributed by atoms with van der Waals surface area (Å²) in [6.07, 6.45) is 3.91. The average Bonchev–Trinajstić information content (AvgIpc) is 3.53. The lowest BCUT2D eigenvalue weighted by Crippen LogP contribution is -2.43. The SMILES string of the molecule is COc1ccc(C2c3sc(=O)n(CC(=O)N4CCOCC4)c3SC3C4CCC(C4)C23)cc1. The molecule has 5 atom stereocenters. The maximum Gasteiger partial charge on any atom is 0.308 e. The predicted molar refractivity (Wildman–Crippen MR) is 125 cm³/mol. The Labute approximate surface area is 195 Å². The molecule has 3 fully saturated rings. The number of thioether (sulfide) groups is 1. The van der Waals surface area contributed by atoms with Crippen molar-refractivity contribution in [2.75, 3.05) is 33.4 Å². The van der Waals surface area contributed by atoms with Gasteiger partial charge in [0.15, 0.2) is 0 Å². The van der Waals surface area contributed by atoms with Crippen LogP contribution in [0.4, 0.5) is 0 Å². The van der Waals surface area contributed by atoms with Crippen molar-refractivity contribution in [1.29, 1.82) is 0 Å². The van der Waals surface area contributed by atoms with E-state index in [2.05, 4.69) is 12.1 Å². The number of ether oxygens (including phenoxy) is 2. The minimum atomic E-state index is -0.00468. The number of morpholine rings is 1. The van der Waals surface area contributed by atoms with E-state index in [1.165, 1.54) is 36.2 Å². The molecule has 0 N–H and O–H groups in total. The van der Waals surface area contributed by atoms with Crippen LogP contribution in [0.5, 0.6) is 5.75 Å². The zero-order valence-electron chi connectivity index (χ0n) is 18.2. The maximum atomic E-state index is 13.2. The second-order valence-corrected chi connectivity index (χ2v) is 11.5. The molecule has 4 aliphatic rings. The summed E-state index contributed by atoms with van der Waals surface area (Å²) in [5.41, 5.74) is 1.27. The van der Waals surface area contributed by atoms with Crippen molar-refractivity contribution in [3.8, 4) is 5.75 Å². The first-order valence-corrected chi connectivity index (χ1v) is 13.2. The molecule has 170 valence electrons. The van der Waals surface area contributed by atoms with E-state index in [4.69, 9.17) is 9.47 Å². The molecule has 0 spiro atoms. The van der Waals surface area contributed by atoms with Gasteiger partial charge in [-0.3, -0.25) is 14.2 Å². The van der Waals surface area contributed by atoms with Crippen molar-refractivity contribution in [1.82, 2.24) is 9.47 Å². The molecule has 1 aromatic carbocycles. The van der Waals surface area contributed by atoms with Crippen LogP contribution in [-0.4, -0.2) is 54.0 Å². The zero-order valence-corrected chi connectivity index (χ0v) is 19.8. The minimum absolute atomic E-state index is 0.00468. The Morgan fingerprint density at radius 1 is 1.16 bits per heavy atom. The normalized spacial score (nSPS) is 30.8. The van der Waals surface area contributed by atoms with Gasteiger partial charge in [0.05, 0.1) is 25.3 Å². The summed E-state index contributed by atoms with van der Waals surface area (Å²) in [7, 11) is 1.69. The summed E-state index contributed by atoms with van der Waals surface area (Å²) in [4.78, 5) is 29.1. The Kier molecular flexibility index (Phi) is 5.35. The lowest BCUT2D eigenvalue weighted by Gasteiger charge is -2.40. The topological polar surface area (TPSA) is 60.8 Å². The molecule has 0 radical (unpaired) electrons. The monoisotopic (exact) mass is 472 g/mol. The van der Waals surface area contributed by atoms with Gasteiger partial charge in [0.2, 0.25) is 5.91 Å². The largest absolute Gasteiger partial charge is 0.497 e. The molecule has 3 heterocycles. The van der Waals surface area contributed by atoms with Gasteiger partial charge >= 0.3 is 4.87 Å². The second kappa shape index (κ2) is 8.22. The molecule has 1 aromatic heterocycles. The summed E-state index contributed by atoms with van der Waals surface area (Å²) < 4.78 is 12.5. The summed E-state index contributed by atoms with van der Waals surface area (Å²) in [5, 5.41) is 1.57. The smallest absolute Gasteiger partial charge is 0.308 e. The number of amides is 1. The Hall–Kier alpha value is -1.77. The quantitative estimate of drug-likeness (QED) is 0.682. The van der Waals surface area contributed by atoms with Crippen molar-refractivity contribution in [3.63, 3.8) is 0 Å². The van der Waals surface area contributed by atoms with Crippen LogP contribution in [0.2, 0.25) is 0 Å². The molecule has 2 saturated carbocycles. The molecule has 2 aliphatic heterocycles. The number of fused-ring (bicyclic) bond motifs is 6. The molecular weight excluding hydrogens is 444 g/mol. The Morgan fingerprint density at radius 3 is 2.66 bits per heavy atom. The van der Waals surface area contributed by atoms with Crippen molar-refractivity contribution < 1.29 is 14.3 Å². The minimum Gasteiger partial charge on any atom is -0.497 e. The van der Waals surface area contributed by atoms with E-state index in [-0.39, 0.29) is 23.2 Å². The molecule has 2 bridgehead atoms. The highest BCUT2D eigenvalue weighted by Gasteiger charge is 2.55. The number of hydrogen-bond donors (Lipinski definition) is 0. The van der Waals surface area contributed by atoms with Crippen molar-refractivity contribution >= 4 is 29.0 Å². The third kappa shape index (κ3) is 3.33.